The molecule has 1 aliphatic carbocycles. The Labute approximate surface area is 160 Å². The first kappa shape index (κ1) is 23.1. The highest BCUT2D eigenvalue weighted by molar-refractivity contribution is 14.0. The van der Waals surface area contributed by atoms with Crippen LogP contribution in [0.5, 0.6) is 0 Å². The first-order valence-electron chi connectivity index (χ1n) is 7.95. The molecular formula is C14H30IN3O3S2. The molecule has 0 spiro atoms. The molecule has 0 aromatic heterocycles. The lowest BCUT2D eigenvalue weighted by Crippen LogP contribution is -2.46. The molecule has 0 radical (unpaired) electrons. The molecule has 3 atom stereocenters. The molecule has 1 saturated carbocycles. The van der Waals surface area contributed by atoms with Gasteiger partial charge in [-0.25, -0.2) is 8.42 Å². The van der Waals surface area contributed by atoms with Crippen LogP contribution in [-0.2, 0) is 20.6 Å². The van der Waals surface area contributed by atoms with Crippen LogP contribution in [0, 0.1) is 0 Å². The van der Waals surface area contributed by atoms with Crippen LogP contribution < -0.4 is 10.6 Å². The van der Waals surface area contributed by atoms with Gasteiger partial charge in [-0.15, -0.1) is 24.0 Å². The third-order valence-electron chi connectivity index (χ3n) is 3.70. The molecule has 0 aromatic carbocycles. The Kier molecular flexibility index (Phi) is 11.7. The SMILES string of the molecule is CCNC(=NCCS(C)(=O)=O)NC1CCCC(S(=O)CC)C1.I. The van der Waals surface area contributed by atoms with Crippen molar-refractivity contribution in [3.8, 4) is 0 Å². The summed E-state index contributed by atoms with van der Waals surface area (Å²) in [4.78, 5) is 4.32. The van der Waals surface area contributed by atoms with E-state index in [0.29, 0.717) is 11.7 Å². The summed E-state index contributed by atoms with van der Waals surface area (Å²) in [5.41, 5.74) is 0. The van der Waals surface area contributed by atoms with Gasteiger partial charge in [-0.1, -0.05) is 13.3 Å². The van der Waals surface area contributed by atoms with Crippen LogP contribution in [0.2, 0.25) is 0 Å². The maximum absolute atomic E-state index is 12.0. The van der Waals surface area contributed by atoms with Gasteiger partial charge in [-0.2, -0.15) is 0 Å². The number of rotatable bonds is 7. The molecule has 6 nitrogen and oxygen atoms in total. The Hall–Kier alpha value is 0.1000. The van der Waals surface area contributed by atoms with E-state index in [1.54, 1.807) is 0 Å². The highest BCUT2D eigenvalue weighted by Gasteiger charge is 2.25. The van der Waals surface area contributed by atoms with Crippen molar-refractivity contribution in [2.45, 2.75) is 50.8 Å². The van der Waals surface area contributed by atoms with Crippen LogP contribution in [0.3, 0.4) is 0 Å². The molecule has 0 aromatic rings. The van der Waals surface area contributed by atoms with E-state index in [0.717, 1.165) is 32.2 Å². The maximum atomic E-state index is 12.0. The summed E-state index contributed by atoms with van der Waals surface area (Å²) >= 11 is 0. The van der Waals surface area contributed by atoms with Gasteiger partial charge in [0.05, 0.1) is 12.3 Å². The standard InChI is InChI=1S/C14H29N3O3S2.HI/c1-4-15-14(16-9-10-22(3,19)20)17-12-7-6-8-13(11-12)21(18)5-2;/h12-13H,4-11H2,1-3H3,(H2,15,16,17);1H. The molecule has 0 amide bonds. The molecular weight excluding hydrogens is 449 g/mol. The minimum absolute atomic E-state index is 0. The average molecular weight is 479 g/mol. The molecule has 0 heterocycles. The molecule has 1 fully saturated rings. The number of halogens is 1. The van der Waals surface area contributed by atoms with Gasteiger partial charge in [0, 0.05) is 40.6 Å². The lowest BCUT2D eigenvalue weighted by molar-refractivity contribution is 0.413. The van der Waals surface area contributed by atoms with E-state index >= 15 is 0 Å². The first-order valence-corrected chi connectivity index (χ1v) is 11.4. The molecule has 3 unspecified atom stereocenters. The fourth-order valence-electron chi connectivity index (χ4n) is 2.59. The van der Waals surface area contributed by atoms with Crippen LogP contribution in [-0.4, -0.2) is 60.7 Å². The summed E-state index contributed by atoms with van der Waals surface area (Å²) in [5, 5.41) is 6.76. The quantitative estimate of drug-likeness (QED) is 0.327. The summed E-state index contributed by atoms with van der Waals surface area (Å²) in [6.45, 7) is 4.92. The number of hydrogen-bond acceptors (Lipinski definition) is 4. The van der Waals surface area contributed by atoms with Gasteiger partial charge in [0.1, 0.15) is 9.84 Å². The normalized spacial score (nSPS) is 23.7. The first-order chi connectivity index (χ1) is 10.4. The van der Waals surface area contributed by atoms with Gasteiger partial charge in [0.25, 0.3) is 0 Å². The van der Waals surface area contributed by atoms with Crippen molar-refractivity contribution in [2.24, 2.45) is 4.99 Å². The Balaban J connectivity index is 0.00000484. The summed E-state index contributed by atoms with van der Waals surface area (Å²) in [5.74, 6) is 1.41. The van der Waals surface area contributed by atoms with Crippen LogP contribution in [0.4, 0.5) is 0 Å². The second-order valence-corrected chi connectivity index (χ2v) is 9.96. The fourth-order valence-corrected chi connectivity index (χ4v) is 4.36. The smallest absolute Gasteiger partial charge is 0.191 e. The van der Waals surface area contributed by atoms with Crippen molar-refractivity contribution in [1.82, 2.24) is 10.6 Å². The predicted molar refractivity (Wildman–Crippen MR) is 109 cm³/mol. The number of guanidine groups is 1. The van der Waals surface area contributed by atoms with E-state index in [-0.39, 0.29) is 47.6 Å². The van der Waals surface area contributed by atoms with Crippen molar-refractivity contribution in [2.75, 3.05) is 30.9 Å². The fraction of sp³-hybridized carbons (Fsp3) is 0.929. The summed E-state index contributed by atoms with van der Waals surface area (Å²) in [6.07, 6.45) is 5.23. The van der Waals surface area contributed by atoms with Gasteiger partial charge in [-0.05, 0) is 26.2 Å². The monoisotopic (exact) mass is 479 g/mol. The zero-order valence-electron chi connectivity index (χ0n) is 14.2. The molecule has 0 bridgehead atoms. The van der Waals surface area contributed by atoms with E-state index in [1.807, 2.05) is 13.8 Å². The Morgan fingerprint density at radius 3 is 2.57 bits per heavy atom. The number of aliphatic imine (C=N–C) groups is 1. The molecule has 138 valence electrons. The highest BCUT2D eigenvalue weighted by atomic mass is 127. The minimum atomic E-state index is -2.99. The number of nitrogens with zero attached hydrogens (tertiary/aromatic N) is 1. The van der Waals surface area contributed by atoms with E-state index in [2.05, 4.69) is 15.6 Å². The van der Waals surface area contributed by atoms with E-state index in [4.69, 9.17) is 0 Å². The van der Waals surface area contributed by atoms with Gasteiger partial charge < -0.3 is 10.6 Å². The van der Waals surface area contributed by atoms with Crippen LogP contribution in [0.1, 0.15) is 39.5 Å². The third kappa shape index (κ3) is 9.85. The molecule has 1 aliphatic rings. The van der Waals surface area contributed by atoms with E-state index < -0.39 is 20.6 Å². The number of hydrogen-bond donors (Lipinski definition) is 2. The van der Waals surface area contributed by atoms with Crippen LogP contribution in [0.25, 0.3) is 0 Å². The third-order valence-corrected chi connectivity index (χ3v) is 6.36. The van der Waals surface area contributed by atoms with Crippen LogP contribution in [0.15, 0.2) is 4.99 Å². The number of nitrogens with one attached hydrogen (secondary N) is 2. The largest absolute Gasteiger partial charge is 0.357 e. The Bertz CT molecular complexity index is 497. The summed E-state index contributed by atoms with van der Waals surface area (Å²) in [6, 6.07) is 0.255. The zero-order valence-corrected chi connectivity index (χ0v) is 18.2. The van der Waals surface area contributed by atoms with E-state index in [9.17, 15) is 12.6 Å². The minimum Gasteiger partial charge on any atom is -0.357 e. The van der Waals surface area contributed by atoms with Gasteiger partial charge in [0.15, 0.2) is 5.96 Å². The maximum Gasteiger partial charge on any atom is 0.191 e. The van der Waals surface area contributed by atoms with Gasteiger partial charge in [0.2, 0.25) is 0 Å². The topological polar surface area (TPSA) is 87.6 Å². The highest BCUT2D eigenvalue weighted by Crippen LogP contribution is 2.22. The second kappa shape index (κ2) is 11.6. The average Bonchev–Trinajstić information content (AvgIpc) is 2.45. The number of sulfone groups is 1. The molecule has 23 heavy (non-hydrogen) atoms. The zero-order chi connectivity index (χ0) is 16.6. The van der Waals surface area contributed by atoms with Crippen LogP contribution >= 0.6 is 24.0 Å². The van der Waals surface area contributed by atoms with Crippen molar-refractivity contribution < 1.29 is 12.6 Å². The summed E-state index contributed by atoms with van der Waals surface area (Å²) < 4.78 is 34.3. The molecule has 9 heteroatoms. The molecule has 0 aliphatic heterocycles. The van der Waals surface area contributed by atoms with Crippen molar-refractivity contribution in [3.63, 3.8) is 0 Å². The Morgan fingerprint density at radius 1 is 1.30 bits per heavy atom. The molecule has 1 rings (SSSR count). The lowest BCUT2D eigenvalue weighted by Gasteiger charge is -2.30. The van der Waals surface area contributed by atoms with Gasteiger partial charge in [-0.3, -0.25) is 9.20 Å². The second-order valence-electron chi connectivity index (χ2n) is 5.69. The van der Waals surface area contributed by atoms with Crippen molar-refractivity contribution in [1.29, 1.82) is 0 Å². The molecule has 2 N–H and O–H groups in total. The van der Waals surface area contributed by atoms with Crippen molar-refractivity contribution >= 4 is 50.6 Å². The Morgan fingerprint density at radius 2 is 2.00 bits per heavy atom. The molecule has 0 saturated heterocycles. The lowest BCUT2D eigenvalue weighted by atomic mass is 9.95. The van der Waals surface area contributed by atoms with E-state index in [1.165, 1.54) is 6.26 Å². The predicted octanol–water partition coefficient (Wildman–Crippen LogP) is 1.28. The van der Waals surface area contributed by atoms with Gasteiger partial charge >= 0.3 is 0 Å². The van der Waals surface area contributed by atoms with Crippen molar-refractivity contribution in [3.05, 3.63) is 0 Å². The summed E-state index contributed by atoms with van der Waals surface area (Å²) in [7, 11) is -3.74.